The van der Waals surface area contributed by atoms with Crippen molar-refractivity contribution in [3.8, 4) is 6.07 Å². The van der Waals surface area contributed by atoms with Gasteiger partial charge < -0.3 is 0 Å². The molecule has 0 radical (unpaired) electrons. The molecule has 4 heteroatoms. The summed E-state index contributed by atoms with van der Waals surface area (Å²) in [5.74, 6) is 0. The maximum atomic E-state index is 8.65. The molecule has 1 rings (SSSR count). The van der Waals surface area contributed by atoms with Crippen molar-refractivity contribution in [1.29, 1.82) is 5.26 Å². The van der Waals surface area contributed by atoms with Gasteiger partial charge in [0.25, 0.3) is 0 Å². The van der Waals surface area contributed by atoms with Gasteiger partial charge >= 0.3 is 0 Å². The van der Waals surface area contributed by atoms with E-state index in [1.165, 1.54) is 0 Å². The molecule has 1 aromatic rings. The zero-order valence-corrected chi connectivity index (χ0v) is 9.58. The Kier molecular flexibility index (Phi) is 3.83. The van der Waals surface area contributed by atoms with E-state index in [-0.39, 0.29) is 0 Å². The molecular formula is C10H6Cl3N. The smallest absolute Gasteiger partial charge is 0.0959 e. The lowest BCUT2D eigenvalue weighted by Gasteiger charge is -2.03. The third-order valence-corrected chi connectivity index (χ3v) is 2.70. The molecule has 0 N–H and O–H groups in total. The largest absolute Gasteiger partial charge is 0.193 e. The van der Waals surface area contributed by atoms with Crippen LogP contribution in [0.5, 0.6) is 0 Å². The molecule has 0 saturated carbocycles. The highest BCUT2D eigenvalue weighted by atomic mass is 35.5. The average molecular weight is 247 g/mol. The van der Waals surface area contributed by atoms with E-state index in [2.05, 4.69) is 0 Å². The van der Waals surface area contributed by atoms with E-state index in [4.69, 9.17) is 40.1 Å². The van der Waals surface area contributed by atoms with E-state index in [0.29, 0.717) is 26.2 Å². The van der Waals surface area contributed by atoms with Gasteiger partial charge in [0.2, 0.25) is 0 Å². The Labute approximate surface area is 97.5 Å². The van der Waals surface area contributed by atoms with Gasteiger partial charge in [-0.25, -0.2) is 0 Å². The number of benzene rings is 1. The Morgan fingerprint density at radius 2 is 2.00 bits per heavy atom. The van der Waals surface area contributed by atoms with Gasteiger partial charge in [-0.15, -0.1) is 0 Å². The van der Waals surface area contributed by atoms with Crippen LogP contribution in [-0.2, 0) is 0 Å². The molecule has 1 nitrogen and oxygen atoms in total. The molecule has 0 heterocycles. The van der Waals surface area contributed by atoms with Crippen LogP contribution < -0.4 is 0 Å². The van der Waals surface area contributed by atoms with Crippen LogP contribution in [0, 0.1) is 11.3 Å². The van der Waals surface area contributed by atoms with Gasteiger partial charge in [-0.05, 0) is 19.1 Å². The first-order valence-corrected chi connectivity index (χ1v) is 4.91. The molecule has 0 saturated heterocycles. The van der Waals surface area contributed by atoms with Gasteiger partial charge in [-0.2, -0.15) is 5.26 Å². The van der Waals surface area contributed by atoms with Gasteiger partial charge in [0.1, 0.15) is 0 Å². The van der Waals surface area contributed by atoms with E-state index >= 15 is 0 Å². The number of hydrogen-bond acceptors (Lipinski definition) is 1. The number of rotatable bonds is 1. The van der Waals surface area contributed by atoms with Crippen molar-refractivity contribution in [2.75, 3.05) is 0 Å². The summed E-state index contributed by atoms with van der Waals surface area (Å²) in [5, 5.41) is 9.99. The highest BCUT2D eigenvalue weighted by Crippen LogP contribution is 2.31. The van der Waals surface area contributed by atoms with Crippen molar-refractivity contribution in [2.45, 2.75) is 6.92 Å². The number of hydrogen-bond donors (Lipinski definition) is 0. The summed E-state index contributed by atoms with van der Waals surface area (Å²) in [6.07, 6.45) is 0. The van der Waals surface area contributed by atoms with E-state index in [1.54, 1.807) is 25.1 Å². The minimum absolute atomic E-state index is 0.356. The van der Waals surface area contributed by atoms with Gasteiger partial charge in [-0.1, -0.05) is 40.9 Å². The lowest BCUT2D eigenvalue weighted by atomic mass is 10.1. The molecule has 0 unspecified atom stereocenters. The van der Waals surface area contributed by atoms with Crippen LogP contribution in [-0.4, -0.2) is 0 Å². The fraction of sp³-hybridized carbons (Fsp3) is 0.100. The summed E-state index contributed by atoms with van der Waals surface area (Å²) in [6.45, 7) is 1.63. The minimum Gasteiger partial charge on any atom is -0.193 e. The van der Waals surface area contributed by atoms with E-state index in [9.17, 15) is 0 Å². The Balaban J connectivity index is 3.29. The minimum atomic E-state index is 0.356. The molecule has 0 atom stereocenters. The summed E-state index contributed by atoms with van der Waals surface area (Å²) in [6, 6.07) is 6.91. The van der Waals surface area contributed by atoms with Crippen LogP contribution in [0.4, 0.5) is 0 Å². The standard InChI is InChI=1S/C10H6Cl3N/c1-6(5-14)10(13)8-3-2-7(11)4-9(8)12/h2-4H,1H3. The van der Waals surface area contributed by atoms with E-state index < -0.39 is 0 Å². The van der Waals surface area contributed by atoms with Crippen molar-refractivity contribution < 1.29 is 0 Å². The molecule has 0 aliphatic rings. The third-order valence-electron chi connectivity index (χ3n) is 1.66. The van der Waals surface area contributed by atoms with Crippen LogP contribution in [0.3, 0.4) is 0 Å². The highest BCUT2D eigenvalue weighted by molar-refractivity contribution is 6.51. The molecule has 72 valence electrons. The van der Waals surface area contributed by atoms with Crippen LogP contribution >= 0.6 is 34.8 Å². The predicted octanol–water partition coefficient (Wildman–Crippen LogP) is 4.49. The zero-order chi connectivity index (χ0) is 10.7. The van der Waals surface area contributed by atoms with Crippen molar-refractivity contribution in [3.63, 3.8) is 0 Å². The van der Waals surface area contributed by atoms with Gasteiger partial charge in [0, 0.05) is 16.2 Å². The van der Waals surface area contributed by atoms with Crippen LogP contribution in [0.25, 0.3) is 5.03 Å². The SMILES string of the molecule is CC(C#N)=C(Cl)c1ccc(Cl)cc1Cl. The Morgan fingerprint density at radius 3 is 2.50 bits per heavy atom. The lowest BCUT2D eigenvalue weighted by Crippen LogP contribution is -1.82. The topological polar surface area (TPSA) is 23.8 Å². The monoisotopic (exact) mass is 245 g/mol. The zero-order valence-electron chi connectivity index (χ0n) is 7.31. The van der Waals surface area contributed by atoms with Crippen LogP contribution in [0.2, 0.25) is 10.0 Å². The lowest BCUT2D eigenvalue weighted by molar-refractivity contribution is 1.45. The quantitative estimate of drug-likeness (QED) is 0.670. The molecule has 14 heavy (non-hydrogen) atoms. The molecule has 0 aromatic heterocycles. The van der Waals surface area contributed by atoms with E-state index in [0.717, 1.165) is 0 Å². The van der Waals surface area contributed by atoms with Crippen LogP contribution in [0.15, 0.2) is 23.8 Å². The van der Waals surface area contributed by atoms with Gasteiger partial charge in [0.15, 0.2) is 0 Å². The van der Waals surface area contributed by atoms with Crippen molar-refractivity contribution in [1.82, 2.24) is 0 Å². The molecule has 0 bridgehead atoms. The molecular weight excluding hydrogens is 240 g/mol. The normalized spacial score (nSPS) is 11.9. The fourth-order valence-corrected chi connectivity index (χ4v) is 1.68. The van der Waals surface area contributed by atoms with Crippen molar-refractivity contribution >= 4 is 39.8 Å². The highest BCUT2D eigenvalue weighted by Gasteiger charge is 2.07. The van der Waals surface area contributed by atoms with Crippen LogP contribution in [0.1, 0.15) is 12.5 Å². The number of nitrogens with zero attached hydrogens (tertiary/aromatic N) is 1. The molecule has 0 aliphatic heterocycles. The molecule has 0 fully saturated rings. The summed E-state index contributed by atoms with van der Waals surface area (Å²) < 4.78 is 0. The molecule has 0 amide bonds. The summed E-state index contributed by atoms with van der Waals surface area (Å²) in [4.78, 5) is 0. The number of nitriles is 1. The summed E-state index contributed by atoms with van der Waals surface area (Å²) in [5.41, 5.74) is 1.05. The second-order valence-corrected chi connectivity index (χ2v) is 3.90. The average Bonchev–Trinajstić information content (AvgIpc) is 2.15. The Bertz CT molecular complexity index is 429. The summed E-state index contributed by atoms with van der Waals surface area (Å²) >= 11 is 17.6. The number of halogens is 3. The number of allylic oxidation sites excluding steroid dienone is 1. The maximum absolute atomic E-state index is 8.65. The van der Waals surface area contributed by atoms with Crippen molar-refractivity contribution in [3.05, 3.63) is 39.4 Å². The third kappa shape index (κ3) is 2.42. The summed E-state index contributed by atoms with van der Waals surface area (Å²) in [7, 11) is 0. The van der Waals surface area contributed by atoms with Gasteiger partial charge in [0.05, 0.1) is 16.1 Å². The fourth-order valence-electron chi connectivity index (χ4n) is 0.919. The second-order valence-electron chi connectivity index (χ2n) is 2.67. The molecule has 0 aliphatic carbocycles. The van der Waals surface area contributed by atoms with Gasteiger partial charge in [-0.3, -0.25) is 0 Å². The predicted molar refractivity (Wildman–Crippen MR) is 60.5 cm³/mol. The Morgan fingerprint density at radius 1 is 1.36 bits per heavy atom. The maximum Gasteiger partial charge on any atom is 0.0959 e. The first-order chi connectivity index (χ1) is 6.56. The van der Waals surface area contributed by atoms with Crippen molar-refractivity contribution in [2.24, 2.45) is 0 Å². The first kappa shape index (κ1) is 11.4. The Hall–Kier alpha value is -0.680. The first-order valence-electron chi connectivity index (χ1n) is 3.78. The van der Waals surface area contributed by atoms with E-state index in [1.807, 2.05) is 6.07 Å². The second kappa shape index (κ2) is 4.70. The molecule has 0 spiro atoms. The molecule has 1 aromatic carbocycles.